The molecule has 188 valence electrons. The molecule has 0 saturated heterocycles. The Labute approximate surface area is 208 Å². The molecule has 0 bridgehead atoms. The molecule has 8 heteroatoms. The molecule has 2 aliphatic carbocycles. The number of nitrogens with two attached hydrogens (primary N) is 1. The molecule has 1 fully saturated rings. The molecule has 0 radical (unpaired) electrons. The van der Waals surface area contributed by atoms with E-state index >= 15 is 0 Å². The highest BCUT2D eigenvalue weighted by Gasteiger charge is 2.57. The van der Waals surface area contributed by atoms with Crippen molar-refractivity contribution in [2.75, 3.05) is 6.61 Å². The summed E-state index contributed by atoms with van der Waals surface area (Å²) in [5, 5.41) is 42.6. The van der Waals surface area contributed by atoms with Gasteiger partial charge in [0.25, 0.3) is 0 Å². The van der Waals surface area contributed by atoms with Crippen molar-refractivity contribution < 1.29 is 34.8 Å². The standard InChI is InChI=1S/C28H29NO7/c1-15-2-4-16(5-3-15)6-7-17-8-9-21(31)25-20(17)13-18-12-19(10-11-30)28(36,22(32)14-23(29)33)27(35)24(18)26(25)34/h2-9,18-19,30-31,34,36H,10-14H2,1H3,(H2,29,33)/b7-6+/t18-,19-,28-/m1/s1. The number of aromatic hydroxyl groups is 1. The van der Waals surface area contributed by atoms with Crippen molar-refractivity contribution in [3.8, 4) is 5.75 Å². The summed E-state index contributed by atoms with van der Waals surface area (Å²) >= 11 is 0. The molecular formula is C28H29NO7. The zero-order chi connectivity index (χ0) is 26.2. The van der Waals surface area contributed by atoms with E-state index < -0.39 is 47.1 Å². The average molecular weight is 492 g/mol. The Morgan fingerprint density at radius 2 is 1.81 bits per heavy atom. The first-order chi connectivity index (χ1) is 17.1. The second-order valence-corrected chi connectivity index (χ2v) is 9.54. The van der Waals surface area contributed by atoms with E-state index in [9.17, 15) is 34.8 Å². The second kappa shape index (κ2) is 9.72. The minimum atomic E-state index is -2.60. The number of hydrogen-bond acceptors (Lipinski definition) is 7. The van der Waals surface area contributed by atoms with E-state index in [1.54, 1.807) is 6.07 Å². The van der Waals surface area contributed by atoms with E-state index in [1.165, 1.54) is 6.07 Å². The van der Waals surface area contributed by atoms with Gasteiger partial charge in [0.15, 0.2) is 11.4 Å². The maximum atomic E-state index is 13.5. The van der Waals surface area contributed by atoms with Gasteiger partial charge in [-0.25, -0.2) is 0 Å². The number of primary amides is 1. The van der Waals surface area contributed by atoms with Gasteiger partial charge in [0.1, 0.15) is 11.5 Å². The fraction of sp³-hybridized carbons (Fsp3) is 0.321. The Morgan fingerprint density at radius 1 is 1.11 bits per heavy atom. The number of aryl methyl sites for hydroxylation is 1. The molecule has 1 saturated carbocycles. The molecule has 6 N–H and O–H groups in total. The molecule has 0 spiro atoms. The third kappa shape index (κ3) is 4.34. The number of Topliss-reactive ketones (excluding diaryl/α,β-unsaturated/α-hetero) is 2. The van der Waals surface area contributed by atoms with E-state index in [1.807, 2.05) is 43.3 Å². The molecule has 8 nitrogen and oxygen atoms in total. The van der Waals surface area contributed by atoms with Crippen molar-refractivity contribution in [1.82, 2.24) is 0 Å². The van der Waals surface area contributed by atoms with Gasteiger partial charge in [-0.15, -0.1) is 0 Å². The van der Waals surface area contributed by atoms with Crippen LogP contribution in [0, 0.1) is 18.8 Å². The summed E-state index contributed by atoms with van der Waals surface area (Å²) in [5.41, 5.74) is 5.91. The fourth-order valence-electron chi connectivity index (χ4n) is 5.36. The smallest absolute Gasteiger partial charge is 0.225 e. The van der Waals surface area contributed by atoms with Gasteiger partial charge < -0.3 is 26.2 Å². The van der Waals surface area contributed by atoms with Gasteiger partial charge in [0, 0.05) is 18.1 Å². The van der Waals surface area contributed by atoms with Gasteiger partial charge in [-0.3, -0.25) is 14.4 Å². The van der Waals surface area contributed by atoms with Gasteiger partial charge in [0.05, 0.1) is 12.0 Å². The van der Waals surface area contributed by atoms with Crippen LogP contribution in [0.5, 0.6) is 5.75 Å². The summed E-state index contributed by atoms with van der Waals surface area (Å²) in [6, 6.07) is 11.1. The number of hydrogen-bond donors (Lipinski definition) is 5. The Balaban J connectivity index is 1.80. The van der Waals surface area contributed by atoms with E-state index in [-0.39, 0.29) is 42.8 Å². The predicted molar refractivity (Wildman–Crippen MR) is 134 cm³/mol. The first kappa shape index (κ1) is 25.3. The van der Waals surface area contributed by atoms with Gasteiger partial charge in [-0.05, 0) is 54.9 Å². The molecule has 2 aromatic carbocycles. The molecule has 0 aromatic heterocycles. The second-order valence-electron chi connectivity index (χ2n) is 9.54. The summed E-state index contributed by atoms with van der Waals surface area (Å²) in [7, 11) is 0. The Hall–Kier alpha value is -3.75. The summed E-state index contributed by atoms with van der Waals surface area (Å²) in [5.74, 6) is -5.35. The number of fused-ring (bicyclic) bond motifs is 2. The van der Waals surface area contributed by atoms with Crippen molar-refractivity contribution in [2.24, 2.45) is 17.6 Å². The van der Waals surface area contributed by atoms with Crippen LogP contribution in [0.15, 0.2) is 42.0 Å². The lowest BCUT2D eigenvalue weighted by atomic mass is 9.61. The zero-order valence-corrected chi connectivity index (χ0v) is 19.9. The third-order valence-corrected chi connectivity index (χ3v) is 7.20. The van der Waals surface area contributed by atoms with E-state index in [4.69, 9.17) is 5.73 Å². The molecule has 4 rings (SSSR count). The molecule has 2 aliphatic rings. The molecular weight excluding hydrogens is 462 g/mol. The highest BCUT2D eigenvalue weighted by atomic mass is 16.3. The lowest BCUT2D eigenvalue weighted by molar-refractivity contribution is -0.159. The summed E-state index contributed by atoms with van der Waals surface area (Å²) < 4.78 is 0. The normalized spacial score (nSPS) is 23.5. The van der Waals surface area contributed by atoms with E-state index in [0.717, 1.165) is 16.7 Å². The molecule has 1 amide bonds. The number of carbonyl (C=O) groups is 3. The maximum Gasteiger partial charge on any atom is 0.225 e. The predicted octanol–water partition coefficient (Wildman–Crippen LogP) is 2.46. The summed E-state index contributed by atoms with van der Waals surface area (Å²) in [6.07, 6.45) is 3.25. The molecule has 36 heavy (non-hydrogen) atoms. The number of rotatable bonds is 7. The number of ketones is 2. The fourth-order valence-corrected chi connectivity index (χ4v) is 5.36. The third-order valence-electron chi connectivity index (χ3n) is 7.20. The minimum Gasteiger partial charge on any atom is -0.507 e. The van der Waals surface area contributed by atoms with Crippen molar-refractivity contribution in [1.29, 1.82) is 0 Å². The summed E-state index contributed by atoms with van der Waals surface area (Å²) in [4.78, 5) is 37.7. The first-order valence-electron chi connectivity index (χ1n) is 11.8. The molecule has 0 unspecified atom stereocenters. The first-order valence-corrected chi connectivity index (χ1v) is 11.8. The molecule has 0 heterocycles. The number of carbonyl (C=O) groups excluding carboxylic acids is 3. The van der Waals surface area contributed by atoms with E-state index in [0.29, 0.717) is 5.56 Å². The van der Waals surface area contributed by atoms with Crippen molar-refractivity contribution in [2.45, 2.75) is 38.2 Å². The topological polar surface area (TPSA) is 158 Å². The van der Waals surface area contributed by atoms with Crippen molar-refractivity contribution in [3.63, 3.8) is 0 Å². The average Bonchev–Trinajstić information content (AvgIpc) is 2.82. The lowest BCUT2D eigenvalue weighted by Crippen LogP contribution is -2.59. The monoisotopic (exact) mass is 491 g/mol. The number of aliphatic hydroxyl groups is 3. The van der Waals surface area contributed by atoms with Crippen molar-refractivity contribution >= 4 is 35.4 Å². The Kier molecular flexibility index (Phi) is 6.84. The maximum absolute atomic E-state index is 13.5. The van der Waals surface area contributed by atoms with Crippen LogP contribution < -0.4 is 5.73 Å². The molecule has 3 atom stereocenters. The summed E-state index contributed by atoms with van der Waals surface area (Å²) in [6.45, 7) is 1.61. The van der Waals surface area contributed by atoms with Crippen LogP contribution in [-0.2, 0) is 20.8 Å². The molecule has 2 aromatic rings. The van der Waals surface area contributed by atoms with Crippen LogP contribution in [0.2, 0.25) is 0 Å². The van der Waals surface area contributed by atoms with E-state index in [2.05, 4.69) is 0 Å². The zero-order valence-electron chi connectivity index (χ0n) is 19.9. The highest BCUT2D eigenvalue weighted by molar-refractivity contribution is 6.23. The quantitative estimate of drug-likeness (QED) is 0.294. The number of phenolic OH excluding ortho intramolecular Hbond substituents is 1. The number of benzene rings is 2. The van der Waals surface area contributed by atoms with Crippen LogP contribution in [0.4, 0.5) is 0 Å². The largest absolute Gasteiger partial charge is 0.507 e. The van der Waals surface area contributed by atoms with Crippen LogP contribution >= 0.6 is 0 Å². The SMILES string of the molecule is Cc1ccc(/C=C/c2ccc(O)c3c2C[C@H]2C[C@@H](CCO)[C@@](O)(C(=O)CC(N)=O)C(=O)C2=C3O)cc1. The Bertz CT molecular complexity index is 1290. The number of amides is 1. The van der Waals surface area contributed by atoms with Gasteiger partial charge in [-0.2, -0.15) is 0 Å². The van der Waals surface area contributed by atoms with Crippen LogP contribution in [0.3, 0.4) is 0 Å². The minimum absolute atomic E-state index is 0.0512. The Morgan fingerprint density at radius 3 is 2.44 bits per heavy atom. The van der Waals surface area contributed by atoms with Gasteiger partial charge >= 0.3 is 0 Å². The van der Waals surface area contributed by atoms with Gasteiger partial charge in [0.2, 0.25) is 11.7 Å². The molecule has 0 aliphatic heterocycles. The lowest BCUT2D eigenvalue weighted by Gasteiger charge is -2.43. The number of aliphatic hydroxyl groups excluding tert-OH is 2. The highest BCUT2D eigenvalue weighted by Crippen LogP contribution is 2.49. The van der Waals surface area contributed by atoms with Crippen LogP contribution in [0.25, 0.3) is 17.9 Å². The van der Waals surface area contributed by atoms with Crippen LogP contribution in [-0.4, -0.2) is 50.1 Å². The van der Waals surface area contributed by atoms with Gasteiger partial charge in [-0.1, -0.05) is 48.0 Å². The van der Waals surface area contributed by atoms with Crippen molar-refractivity contribution in [3.05, 3.63) is 69.8 Å². The van der Waals surface area contributed by atoms with Crippen LogP contribution in [0.1, 0.15) is 47.1 Å². The number of phenols is 1.